The van der Waals surface area contributed by atoms with E-state index in [1.807, 2.05) is 12.1 Å². The van der Waals surface area contributed by atoms with Crippen LogP contribution in [0.3, 0.4) is 0 Å². The Morgan fingerprint density at radius 2 is 1.84 bits per heavy atom. The van der Waals surface area contributed by atoms with Gasteiger partial charge < -0.3 is 14.4 Å². The maximum Gasteiger partial charge on any atom is 0.269 e. The van der Waals surface area contributed by atoms with Crippen LogP contribution in [0.4, 0.5) is 0 Å². The highest BCUT2D eigenvalue weighted by molar-refractivity contribution is 7.90. The number of fused-ring (bicyclic) bond motifs is 1. The second-order valence-corrected chi connectivity index (χ2v) is 9.96. The van der Waals surface area contributed by atoms with Crippen LogP contribution in [-0.4, -0.2) is 56.2 Å². The Hall–Kier alpha value is -3.07. The van der Waals surface area contributed by atoms with Gasteiger partial charge in [-0.15, -0.1) is 0 Å². The van der Waals surface area contributed by atoms with Crippen molar-refractivity contribution in [3.63, 3.8) is 0 Å². The summed E-state index contributed by atoms with van der Waals surface area (Å²) in [6, 6.07) is 9.01. The Morgan fingerprint density at radius 3 is 2.50 bits per heavy atom. The van der Waals surface area contributed by atoms with Crippen LogP contribution in [0.5, 0.6) is 11.5 Å². The van der Waals surface area contributed by atoms with E-state index in [2.05, 4.69) is 0 Å². The number of rotatable bonds is 5. The second-order valence-electron chi connectivity index (χ2n) is 8.18. The molecule has 1 fully saturated rings. The first-order chi connectivity index (χ1) is 15.2. The SMILES string of the molecule is COc1ccc(OC)c(C2CCCN2C(=O)c2ccc3c(c2)S(=O)(=O)N(C(C)C)C3=O)c1. The number of likely N-dealkylation sites (tertiary alicyclic amines) is 1. The van der Waals surface area contributed by atoms with E-state index in [-0.39, 0.29) is 28.0 Å². The van der Waals surface area contributed by atoms with E-state index in [1.54, 1.807) is 39.0 Å². The minimum Gasteiger partial charge on any atom is -0.497 e. The summed E-state index contributed by atoms with van der Waals surface area (Å²) in [5, 5.41) is 0. The molecule has 0 aromatic heterocycles. The third kappa shape index (κ3) is 3.40. The number of carbonyl (C=O) groups excluding carboxylic acids is 2. The average molecular weight is 459 g/mol. The van der Waals surface area contributed by atoms with E-state index >= 15 is 0 Å². The number of hydrogen-bond acceptors (Lipinski definition) is 6. The molecule has 1 saturated heterocycles. The molecule has 2 aliphatic rings. The van der Waals surface area contributed by atoms with E-state index in [0.29, 0.717) is 18.0 Å². The van der Waals surface area contributed by atoms with Crippen LogP contribution in [0, 0.1) is 0 Å². The zero-order valence-electron chi connectivity index (χ0n) is 18.5. The van der Waals surface area contributed by atoms with Gasteiger partial charge in [-0.3, -0.25) is 9.59 Å². The lowest BCUT2D eigenvalue weighted by molar-refractivity contribution is 0.0732. The summed E-state index contributed by atoms with van der Waals surface area (Å²) in [6.45, 7) is 3.82. The van der Waals surface area contributed by atoms with Crippen LogP contribution in [0.15, 0.2) is 41.3 Å². The van der Waals surface area contributed by atoms with E-state index < -0.39 is 22.0 Å². The van der Waals surface area contributed by atoms with Crippen LogP contribution < -0.4 is 9.47 Å². The molecule has 32 heavy (non-hydrogen) atoms. The molecular formula is C23H26N2O6S. The molecule has 8 nitrogen and oxygen atoms in total. The molecule has 0 radical (unpaired) electrons. The Bertz CT molecular complexity index is 1190. The summed E-state index contributed by atoms with van der Waals surface area (Å²) in [5.41, 5.74) is 1.18. The highest BCUT2D eigenvalue weighted by Gasteiger charge is 2.43. The first-order valence-corrected chi connectivity index (χ1v) is 11.9. The van der Waals surface area contributed by atoms with Gasteiger partial charge in [-0.1, -0.05) is 0 Å². The van der Waals surface area contributed by atoms with E-state index in [1.165, 1.54) is 18.2 Å². The molecule has 9 heteroatoms. The maximum atomic E-state index is 13.5. The van der Waals surface area contributed by atoms with Crippen molar-refractivity contribution in [3.8, 4) is 11.5 Å². The summed E-state index contributed by atoms with van der Waals surface area (Å²) in [7, 11) is -0.825. The molecule has 2 aliphatic heterocycles. The Kier molecular flexibility index (Phi) is 5.62. The van der Waals surface area contributed by atoms with Gasteiger partial charge in [0.2, 0.25) is 0 Å². The summed E-state index contributed by atoms with van der Waals surface area (Å²) in [5.74, 6) is 0.473. The lowest BCUT2D eigenvalue weighted by Crippen LogP contribution is -2.36. The largest absolute Gasteiger partial charge is 0.497 e. The minimum atomic E-state index is -3.98. The molecule has 170 valence electrons. The predicted octanol–water partition coefficient (Wildman–Crippen LogP) is 3.23. The van der Waals surface area contributed by atoms with Gasteiger partial charge in [-0.2, -0.15) is 0 Å². The molecule has 0 spiro atoms. The number of methoxy groups -OCH3 is 2. The molecule has 0 saturated carbocycles. The van der Waals surface area contributed by atoms with Crippen molar-refractivity contribution in [1.29, 1.82) is 0 Å². The fourth-order valence-corrected chi connectivity index (χ4v) is 6.28. The number of ether oxygens (including phenoxy) is 2. The summed E-state index contributed by atoms with van der Waals surface area (Å²) in [6.07, 6.45) is 1.55. The van der Waals surface area contributed by atoms with Crippen molar-refractivity contribution >= 4 is 21.8 Å². The molecule has 2 amide bonds. The molecular weight excluding hydrogens is 432 g/mol. The quantitative estimate of drug-likeness (QED) is 0.683. The van der Waals surface area contributed by atoms with Gasteiger partial charge in [0, 0.05) is 23.7 Å². The Balaban J connectivity index is 1.71. The molecule has 2 aromatic rings. The van der Waals surface area contributed by atoms with Crippen molar-refractivity contribution < 1.29 is 27.5 Å². The Morgan fingerprint density at radius 1 is 1.09 bits per heavy atom. The number of hydrogen-bond donors (Lipinski definition) is 0. The van der Waals surface area contributed by atoms with Gasteiger partial charge >= 0.3 is 0 Å². The van der Waals surface area contributed by atoms with Gasteiger partial charge in [0.25, 0.3) is 21.8 Å². The normalized spacial score (nSPS) is 19.4. The topological polar surface area (TPSA) is 93.2 Å². The van der Waals surface area contributed by atoms with E-state index in [9.17, 15) is 18.0 Å². The maximum absolute atomic E-state index is 13.5. The standard InChI is InChI=1S/C23H26N2O6S/c1-14(2)25-23(27)17-9-7-15(12-21(17)32(25,28)29)22(26)24-11-5-6-19(24)18-13-16(30-3)8-10-20(18)31-4/h7-10,12-14,19H,5-6,11H2,1-4H3. The fraction of sp³-hybridized carbons (Fsp3) is 0.391. The van der Waals surface area contributed by atoms with Gasteiger partial charge in [0.1, 0.15) is 16.4 Å². The average Bonchev–Trinajstić information content (AvgIpc) is 3.33. The molecule has 2 heterocycles. The van der Waals surface area contributed by atoms with Crippen molar-refractivity contribution in [1.82, 2.24) is 9.21 Å². The van der Waals surface area contributed by atoms with Gasteiger partial charge in [0.05, 0.1) is 25.8 Å². The van der Waals surface area contributed by atoms with Crippen LogP contribution >= 0.6 is 0 Å². The van der Waals surface area contributed by atoms with Crippen molar-refractivity contribution in [2.75, 3.05) is 20.8 Å². The molecule has 0 aliphatic carbocycles. The lowest BCUT2D eigenvalue weighted by atomic mass is 10.0. The molecule has 0 N–H and O–H groups in total. The van der Waals surface area contributed by atoms with Crippen LogP contribution in [0.25, 0.3) is 0 Å². The number of carbonyl (C=O) groups is 2. The summed E-state index contributed by atoms with van der Waals surface area (Å²) < 4.78 is 37.6. The monoisotopic (exact) mass is 458 g/mol. The lowest BCUT2D eigenvalue weighted by Gasteiger charge is -2.27. The first-order valence-electron chi connectivity index (χ1n) is 10.5. The van der Waals surface area contributed by atoms with E-state index in [4.69, 9.17) is 9.47 Å². The molecule has 1 atom stereocenters. The number of amides is 2. The predicted molar refractivity (Wildman–Crippen MR) is 117 cm³/mol. The third-order valence-corrected chi connectivity index (χ3v) is 7.97. The zero-order valence-corrected chi connectivity index (χ0v) is 19.3. The summed E-state index contributed by atoms with van der Waals surface area (Å²) in [4.78, 5) is 27.6. The molecule has 2 aromatic carbocycles. The van der Waals surface area contributed by atoms with Crippen LogP contribution in [0.2, 0.25) is 0 Å². The number of nitrogens with zero attached hydrogens (tertiary/aromatic N) is 2. The highest BCUT2D eigenvalue weighted by atomic mass is 32.2. The van der Waals surface area contributed by atoms with Crippen molar-refractivity contribution in [3.05, 3.63) is 53.1 Å². The van der Waals surface area contributed by atoms with Crippen molar-refractivity contribution in [2.24, 2.45) is 0 Å². The highest BCUT2D eigenvalue weighted by Crippen LogP contribution is 2.40. The smallest absolute Gasteiger partial charge is 0.269 e. The first kappa shape index (κ1) is 22.1. The van der Waals surface area contributed by atoms with Crippen LogP contribution in [-0.2, 0) is 10.0 Å². The minimum absolute atomic E-state index is 0.0997. The second kappa shape index (κ2) is 8.12. The fourth-order valence-electron chi connectivity index (χ4n) is 4.49. The molecule has 4 rings (SSSR count). The van der Waals surface area contributed by atoms with Crippen molar-refractivity contribution in [2.45, 2.75) is 43.7 Å². The van der Waals surface area contributed by atoms with Gasteiger partial charge in [-0.05, 0) is 63.1 Å². The Labute approximate surface area is 187 Å². The van der Waals surface area contributed by atoms with E-state index in [0.717, 1.165) is 22.7 Å². The number of sulfonamides is 1. The van der Waals surface area contributed by atoms with Gasteiger partial charge in [-0.25, -0.2) is 12.7 Å². The van der Waals surface area contributed by atoms with Gasteiger partial charge in [0.15, 0.2) is 0 Å². The van der Waals surface area contributed by atoms with Crippen LogP contribution in [0.1, 0.15) is 59.0 Å². The molecule has 0 bridgehead atoms. The molecule has 1 unspecified atom stereocenters. The summed E-state index contributed by atoms with van der Waals surface area (Å²) >= 11 is 0. The zero-order chi connectivity index (χ0) is 23.2. The number of benzene rings is 2. The third-order valence-electron chi connectivity index (χ3n) is 5.97.